The lowest BCUT2D eigenvalue weighted by Gasteiger charge is -2.08. The molecule has 102 valence electrons. The highest BCUT2D eigenvalue weighted by molar-refractivity contribution is 4.81. The van der Waals surface area contributed by atoms with E-state index in [0.717, 1.165) is 18.8 Å². The molecule has 0 saturated carbocycles. The van der Waals surface area contributed by atoms with Gasteiger partial charge in [0.15, 0.2) is 0 Å². The van der Waals surface area contributed by atoms with Crippen LogP contribution in [-0.2, 0) is 4.74 Å². The lowest BCUT2D eigenvalue weighted by Crippen LogP contribution is -1.94. The Labute approximate surface area is 109 Å². The summed E-state index contributed by atoms with van der Waals surface area (Å²) in [4.78, 5) is 0. The van der Waals surface area contributed by atoms with Crippen LogP contribution in [0.2, 0.25) is 0 Å². The van der Waals surface area contributed by atoms with E-state index in [2.05, 4.69) is 20.4 Å². The van der Waals surface area contributed by atoms with Crippen molar-refractivity contribution in [2.75, 3.05) is 6.61 Å². The highest BCUT2D eigenvalue weighted by atomic mass is 16.5. The summed E-state index contributed by atoms with van der Waals surface area (Å²) < 4.78 is 5.62. The van der Waals surface area contributed by atoms with E-state index in [4.69, 9.17) is 4.74 Å². The van der Waals surface area contributed by atoms with Gasteiger partial charge in [-0.1, -0.05) is 71.8 Å². The molecular weight excluding hydrogens is 208 g/mol. The van der Waals surface area contributed by atoms with Crippen LogP contribution >= 0.6 is 0 Å². The van der Waals surface area contributed by atoms with Crippen molar-refractivity contribution in [2.45, 2.75) is 84.5 Å². The summed E-state index contributed by atoms with van der Waals surface area (Å²) in [6.45, 7) is 9.35. The molecule has 0 radical (unpaired) electrons. The molecule has 0 heterocycles. The molecule has 0 bridgehead atoms. The van der Waals surface area contributed by atoms with Crippen LogP contribution in [-0.4, -0.2) is 6.61 Å². The fourth-order valence-electron chi connectivity index (χ4n) is 1.92. The zero-order chi connectivity index (χ0) is 12.8. The number of unbranched alkanes of at least 4 members (excludes halogenated alkanes) is 8. The third-order valence-corrected chi connectivity index (χ3v) is 3.11. The van der Waals surface area contributed by atoms with Crippen molar-refractivity contribution >= 4 is 0 Å². The maximum atomic E-state index is 5.62. The van der Waals surface area contributed by atoms with E-state index >= 15 is 0 Å². The molecule has 0 aliphatic rings. The summed E-state index contributed by atoms with van der Waals surface area (Å²) in [6, 6.07) is 0. The van der Waals surface area contributed by atoms with Gasteiger partial charge < -0.3 is 4.74 Å². The quantitative estimate of drug-likeness (QED) is 0.290. The van der Waals surface area contributed by atoms with Gasteiger partial charge in [0, 0.05) is 6.42 Å². The van der Waals surface area contributed by atoms with E-state index in [9.17, 15) is 0 Å². The molecule has 0 aromatic carbocycles. The van der Waals surface area contributed by atoms with Crippen LogP contribution in [0, 0.1) is 0 Å². The van der Waals surface area contributed by atoms with Crippen molar-refractivity contribution in [1.29, 1.82) is 0 Å². The van der Waals surface area contributed by atoms with E-state index < -0.39 is 0 Å². The smallest absolute Gasteiger partial charge is 0.0888 e. The molecule has 0 aliphatic carbocycles. The van der Waals surface area contributed by atoms with Crippen molar-refractivity contribution in [3.05, 3.63) is 12.3 Å². The standard InChI is InChI=1S/C16H32O/c1-4-6-8-10-11-12-14-16(3)17-15-13-9-7-5-2/h3-15H2,1-2H3. The number of ether oxygens (including phenoxy) is 1. The van der Waals surface area contributed by atoms with Crippen LogP contribution in [0.3, 0.4) is 0 Å². The van der Waals surface area contributed by atoms with E-state index in [-0.39, 0.29) is 0 Å². The predicted molar refractivity (Wildman–Crippen MR) is 77.2 cm³/mol. The molecule has 0 saturated heterocycles. The fourth-order valence-corrected chi connectivity index (χ4v) is 1.92. The summed E-state index contributed by atoms with van der Waals surface area (Å²) in [5, 5.41) is 0. The van der Waals surface area contributed by atoms with Crippen LogP contribution in [0.5, 0.6) is 0 Å². The predicted octanol–water partition coefficient (Wildman–Crippen LogP) is 5.85. The first kappa shape index (κ1) is 16.5. The van der Waals surface area contributed by atoms with Gasteiger partial charge in [-0.15, -0.1) is 0 Å². The number of rotatable bonds is 13. The molecule has 0 aromatic heterocycles. The first-order valence-electron chi connectivity index (χ1n) is 7.61. The van der Waals surface area contributed by atoms with Gasteiger partial charge in [0.1, 0.15) is 0 Å². The molecule has 1 nitrogen and oxygen atoms in total. The monoisotopic (exact) mass is 240 g/mol. The van der Waals surface area contributed by atoms with Crippen LogP contribution < -0.4 is 0 Å². The van der Waals surface area contributed by atoms with Crippen LogP contribution in [0.1, 0.15) is 84.5 Å². The molecule has 0 fully saturated rings. The third-order valence-electron chi connectivity index (χ3n) is 3.11. The second kappa shape index (κ2) is 13.6. The second-order valence-electron chi connectivity index (χ2n) is 4.97. The Balaban J connectivity index is 3.12. The minimum atomic E-state index is 0.870. The topological polar surface area (TPSA) is 9.23 Å². The fraction of sp³-hybridized carbons (Fsp3) is 0.875. The molecule has 0 spiro atoms. The molecule has 17 heavy (non-hydrogen) atoms. The summed E-state index contributed by atoms with van der Waals surface area (Å²) in [5.41, 5.74) is 0. The van der Waals surface area contributed by atoms with E-state index in [1.165, 1.54) is 64.2 Å². The maximum Gasteiger partial charge on any atom is 0.0888 e. The van der Waals surface area contributed by atoms with Crippen molar-refractivity contribution in [3.8, 4) is 0 Å². The zero-order valence-electron chi connectivity index (χ0n) is 12.1. The van der Waals surface area contributed by atoms with E-state index in [1.54, 1.807) is 0 Å². The third kappa shape index (κ3) is 13.5. The first-order chi connectivity index (χ1) is 8.31. The van der Waals surface area contributed by atoms with Crippen molar-refractivity contribution in [3.63, 3.8) is 0 Å². The van der Waals surface area contributed by atoms with Gasteiger partial charge in [0.05, 0.1) is 12.4 Å². The Morgan fingerprint density at radius 1 is 0.765 bits per heavy atom. The lowest BCUT2D eigenvalue weighted by atomic mass is 10.1. The molecule has 1 heteroatoms. The van der Waals surface area contributed by atoms with E-state index in [1.807, 2.05) is 0 Å². The molecular formula is C16H32O. The minimum Gasteiger partial charge on any atom is -0.499 e. The summed E-state index contributed by atoms with van der Waals surface area (Å²) in [6.07, 6.45) is 14.2. The molecule has 0 amide bonds. The van der Waals surface area contributed by atoms with Gasteiger partial charge in [0.25, 0.3) is 0 Å². The van der Waals surface area contributed by atoms with Crippen molar-refractivity contribution in [2.24, 2.45) is 0 Å². The SMILES string of the molecule is C=C(CCCCCCCC)OCCCCCC. The molecule has 0 rings (SSSR count). The second-order valence-corrected chi connectivity index (χ2v) is 4.97. The Morgan fingerprint density at radius 3 is 1.94 bits per heavy atom. The minimum absolute atomic E-state index is 0.870. The van der Waals surface area contributed by atoms with Gasteiger partial charge in [-0.25, -0.2) is 0 Å². The normalized spacial score (nSPS) is 10.5. The van der Waals surface area contributed by atoms with Gasteiger partial charge >= 0.3 is 0 Å². The van der Waals surface area contributed by atoms with Crippen LogP contribution in [0.4, 0.5) is 0 Å². The summed E-state index contributed by atoms with van der Waals surface area (Å²) in [5.74, 6) is 0.997. The average molecular weight is 240 g/mol. The lowest BCUT2D eigenvalue weighted by molar-refractivity contribution is 0.195. The van der Waals surface area contributed by atoms with Gasteiger partial charge in [-0.2, -0.15) is 0 Å². The highest BCUT2D eigenvalue weighted by Gasteiger charge is 1.96. The van der Waals surface area contributed by atoms with Crippen molar-refractivity contribution in [1.82, 2.24) is 0 Å². The molecule has 0 aliphatic heterocycles. The molecule has 0 atom stereocenters. The Bertz CT molecular complexity index is 163. The molecule has 0 unspecified atom stereocenters. The van der Waals surface area contributed by atoms with Crippen LogP contribution in [0.15, 0.2) is 12.3 Å². The van der Waals surface area contributed by atoms with E-state index in [0.29, 0.717) is 0 Å². The highest BCUT2D eigenvalue weighted by Crippen LogP contribution is 2.12. The van der Waals surface area contributed by atoms with Gasteiger partial charge in [-0.05, 0) is 12.8 Å². The Morgan fingerprint density at radius 2 is 1.29 bits per heavy atom. The number of hydrogen-bond acceptors (Lipinski definition) is 1. The van der Waals surface area contributed by atoms with Gasteiger partial charge in [0.2, 0.25) is 0 Å². The largest absolute Gasteiger partial charge is 0.499 e. The number of allylic oxidation sites excluding steroid dienone is 1. The molecule has 0 aromatic rings. The Hall–Kier alpha value is -0.460. The van der Waals surface area contributed by atoms with Crippen molar-refractivity contribution < 1.29 is 4.74 Å². The van der Waals surface area contributed by atoms with Crippen LogP contribution in [0.25, 0.3) is 0 Å². The first-order valence-corrected chi connectivity index (χ1v) is 7.61. The maximum absolute atomic E-state index is 5.62. The molecule has 0 N–H and O–H groups in total. The number of hydrogen-bond donors (Lipinski definition) is 0. The Kier molecular flexibility index (Phi) is 13.2. The zero-order valence-corrected chi connectivity index (χ0v) is 12.1. The summed E-state index contributed by atoms with van der Waals surface area (Å²) >= 11 is 0. The van der Waals surface area contributed by atoms with Gasteiger partial charge in [-0.3, -0.25) is 0 Å². The average Bonchev–Trinajstić information content (AvgIpc) is 2.33. The summed E-state index contributed by atoms with van der Waals surface area (Å²) in [7, 11) is 0.